The van der Waals surface area contributed by atoms with E-state index in [0.717, 1.165) is 12.6 Å². The van der Waals surface area contributed by atoms with E-state index in [1.54, 1.807) is 0 Å². The lowest BCUT2D eigenvalue weighted by Gasteiger charge is -2.43. The van der Waals surface area contributed by atoms with E-state index in [-0.39, 0.29) is 0 Å². The molecule has 0 radical (unpaired) electrons. The van der Waals surface area contributed by atoms with Crippen LogP contribution in [0.5, 0.6) is 0 Å². The van der Waals surface area contributed by atoms with Crippen LogP contribution in [-0.4, -0.2) is 42.1 Å². The summed E-state index contributed by atoms with van der Waals surface area (Å²) >= 11 is 2.10. The fourth-order valence-electron chi connectivity index (χ4n) is 2.60. The first kappa shape index (κ1) is 10.6. The zero-order chi connectivity index (χ0) is 10.8. The lowest BCUT2D eigenvalue weighted by Crippen LogP contribution is -2.56. The number of thioether (sulfide) groups is 1. The molecule has 0 saturated carbocycles. The predicted molar refractivity (Wildman–Crippen MR) is 69.9 cm³/mol. The average Bonchev–Trinajstić information content (AvgIpc) is 2.39. The zero-order valence-corrected chi connectivity index (χ0v) is 10.2. The summed E-state index contributed by atoms with van der Waals surface area (Å²) in [6.07, 6.45) is 0. The van der Waals surface area contributed by atoms with Gasteiger partial charge in [-0.1, -0.05) is 30.3 Å². The molecule has 1 aromatic rings. The second-order valence-electron chi connectivity index (χ2n) is 4.60. The second kappa shape index (κ2) is 4.78. The first-order chi connectivity index (χ1) is 7.93. The number of benzene rings is 1. The van der Waals surface area contributed by atoms with E-state index in [4.69, 9.17) is 0 Å². The minimum absolute atomic E-state index is 0.528. The van der Waals surface area contributed by atoms with Crippen molar-refractivity contribution in [3.63, 3.8) is 0 Å². The molecule has 0 bridgehead atoms. The number of rotatable bonds is 1. The lowest BCUT2D eigenvalue weighted by atomic mass is 10.0. The molecule has 3 heteroatoms. The molecule has 2 nitrogen and oxygen atoms in total. The molecular weight excluding hydrogens is 216 g/mol. The Morgan fingerprint density at radius 3 is 3.00 bits per heavy atom. The van der Waals surface area contributed by atoms with E-state index in [0.29, 0.717) is 6.04 Å². The largest absolute Gasteiger partial charge is 0.307 e. The summed E-state index contributed by atoms with van der Waals surface area (Å²) in [6.45, 7) is 3.59. The molecule has 2 heterocycles. The third-order valence-corrected chi connectivity index (χ3v) is 4.66. The van der Waals surface area contributed by atoms with Gasteiger partial charge in [0, 0.05) is 43.2 Å². The maximum atomic E-state index is 3.68. The molecule has 1 aromatic carbocycles. The van der Waals surface area contributed by atoms with Gasteiger partial charge in [0.05, 0.1) is 0 Å². The van der Waals surface area contributed by atoms with Gasteiger partial charge < -0.3 is 5.32 Å². The van der Waals surface area contributed by atoms with Crippen LogP contribution in [0.25, 0.3) is 0 Å². The van der Waals surface area contributed by atoms with Crippen LogP contribution in [0.3, 0.4) is 0 Å². The SMILES string of the molecule is c1ccc(C2CN3CCSCC3CN2)cc1. The van der Waals surface area contributed by atoms with Gasteiger partial charge in [-0.2, -0.15) is 11.8 Å². The van der Waals surface area contributed by atoms with Crippen molar-refractivity contribution in [2.75, 3.05) is 31.1 Å². The smallest absolute Gasteiger partial charge is 0.0449 e. The summed E-state index contributed by atoms with van der Waals surface area (Å²) in [6, 6.07) is 12.1. The highest BCUT2D eigenvalue weighted by Crippen LogP contribution is 2.24. The van der Waals surface area contributed by atoms with Gasteiger partial charge >= 0.3 is 0 Å². The minimum Gasteiger partial charge on any atom is -0.307 e. The highest BCUT2D eigenvalue weighted by molar-refractivity contribution is 7.99. The molecule has 0 aliphatic carbocycles. The van der Waals surface area contributed by atoms with Gasteiger partial charge in [-0.15, -0.1) is 0 Å². The van der Waals surface area contributed by atoms with Gasteiger partial charge in [-0.3, -0.25) is 4.90 Å². The molecule has 2 saturated heterocycles. The van der Waals surface area contributed by atoms with Crippen molar-refractivity contribution >= 4 is 11.8 Å². The van der Waals surface area contributed by atoms with Gasteiger partial charge in [0.1, 0.15) is 0 Å². The lowest BCUT2D eigenvalue weighted by molar-refractivity contribution is 0.148. The van der Waals surface area contributed by atoms with E-state index in [2.05, 4.69) is 52.3 Å². The maximum absolute atomic E-state index is 3.68. The third-order valence-electron chi connectivity index (χ3n) is 3.57. The number of hydrogen-bond acceptors (Lipinski definition) is 3. The van der Waals surface area contributed by atoms with Gasteiger partial charge in [-0.05, 0) is 5.56 Å². The monoisotopic (exact) mass is 234 g/mol. The number of nitrogens with one attached hydrogen (secondary N) is 1. The summed E-state index contributed by atoms with van der Waals surface area (Å²) in [5.41, 5.74) is 1.43. The summed E-state index contributed by atoms with van der Waals surface area (Å²) in [7, 11) is 0. The Morgan fingerprint density at radius 2 is 2.12 bits per heavy atom. The molecule has 2 aliphatic heterocycles. The van der Waals surface area contributed by atoms with E-state index >= 15 is 0 Å². The molecule has 0 aromatic heterocycles. The van der Waals surface area contributed by atoms with Crippen molar-refractivity contribution in [2.24, 2.45) is 0 Å². The van der Waals surface area contributed by atoms with Crippen LogP contribution in [0.15, 0.2) is 30.3 Å². The van der Waals surface area contributed by atoms with E-state index in [1.165, 1.54) is 30.2 Å². The molecule has 2 aliphatic rings. The second-order valence-corrected chi connectivity index (χ2v) is 5.75. The topological polar surface area (TPSA) is 15.3 Å². The van der Waals surface area contributed by atoms with Crippen LogP contribution < -0.4 is 5.32 Å². The Bertz CT molecular complexity index is 341. The molecule has 86 valence electrons. The molecular formula is C13H18N2S. The summed E-state index contributed by atoms with van der Waals surface area (Å²) < 4.78 is 0. The molecule has 2 atom stereocenters. The van der Waals surface area contributed by atoms with E-state index < -0.39 is 0 Å². The van der Waals surface area contributed by atoms with Crippen LogP contribution in [0, 0.1) is 0 Å². The Labute approximate surface area is 101 Å². The fourth-order valence-corrected chi connectivity index (χ4v) is 3.73. The summed E-state index contributed by atoms with van der Waals surface area (Å²) in [4.78, 5) is 2.66. The summed E-state index contributed by atoms with van der Waals surface area (Å²) in [5.74, 6) is 2.60. The average molecular weight is 234 g/mol. The third kappa shape index (κ3) is 2.12. The van der Waals surface area contributed by atoms with Crippen LogP contribution in [0.2, 0.25) is 0 Å². The van der Waals surface area contributed by atoms with Gasteiger partial charge in [-0.25, -0.2) is 0 Å². The Balaban J connectivity index is 1.71. The molecule has 16 heavy (non-hydrogen) atoms. The number of hydrogen-bond donors (Lipinski definition) is 1. The highest BCUT2D eigenvalue weighted by Gasteiger charge is 2.30. The quantitative estimate of drug-likeness (QED) is 0.797. The van der Waals surface area contributed by atoms with Gasteiger partial charge in [0.25, 0.3) is 0 Å². The van der Waals surface area contributed by atoms with Gasteiger partial charge in [0.15, 0.2) is 0 Å². The van der Waals surface area contributed by atoms with E-state index in [9.17, 15) is 0 Å². The maximum Gasteiger partial charge on any atom is 0.0449 e. The van der Waals surface area contributed by atoms with Crippen molar-refractivity contribution in [1.82, 2.24) is 10.2 Å². The summed E-state index contributed by atoms with van der Waals surface area (Å²) in [5, 5.41) is 3.68. The molecule has 2 fully saturated rings. The molecule has 0 amide bonds. The van der Waals surface area contributed by atoms with Crippen molar-refractivity contribution in [3.8, 4) is 0 Å². The number of fused-ring (bicyclic) bond motifs is 1. The first-order valence-corrected chi connectivity index (χ1v) is 7.19. The normalized spacial score (nSPS) is 31.0. The standard InChI is InChI=1S/C13H18N2S/c1-2-4-11(5-3-1)13-9-15-6-7-16-10-12(15)8-14-13/h1-5,12-14H,6-10H2. The predicted octanol–water partition coefficient (Wildman–Crippen LogP) is 1.75. The minimum atomic E-state index is 0.528. The molecule has 1 N–H and O–H groups in total. The van der Waals surface area contributed by atoms with Gasteiger partial charge in [0.2, 0.25) is 0 Å². The van der Waals surface area contributed by atoms with Crippen LogP contribution in [-0.2, 0) is 0 Å². The first-order valence-electron chi connectivity index (χ1n) is 6.03. The Hall–Kier alpha value is -0.510. The van der Waals surface area contributed by atoms with Crippen LogP contribution in [0.4, 0.5) is 0 Å². The number of piperazine rings is 1. The highest BCUT2D eigenvalue weighted by atomic mass is 32.2. The Morgan fingerprint density at radius 1 is 1.25 bits per heavy atom. The van der Waals surface area contributed by atoms with E-state index in [1.807, 2.05) is 0 Å². The molecule has 0 spiro atoms. The zero-order valence-electron chi connectivity index (χ0n) is 9.43. The van der Waals surface area contributed by atoms with Crippen LogP contribution in [0.1, 0.15) is 11.6 Å². The Kier molecular flexibility index (Phi) is 3.18. The number of nitrogens with zero attached hydrogens (tertiary/aromatic N) is 1. The molecule has 2 unspecified atom stereocenters. The van der Waals surface area contributed by atoms with Crippen molar-refractivity contribution in [1.29, 1.82) is 0 Å². The van der Waals surface area contributed by atoms with Crippen molar-refractivity contribution in [2.45, 2.75) is 12.1 Å². The fraction of sp³-hybridized carbons (Fsp3) is 0.538. The van der Waals surface area contributed by atoms with Crippen LogP contribution >= 0.6 is 11.8 Å². The molecule has 3 rings (SSSR count). The van der Waals surface area contributed by atoms with Crippen molar-refractivity contribution in [3.05, 3.63) is 35.9 Å². The van der Waals surface area contributed by atoms with Crippen molar-refractivity contribution < 1.29 is 0 Å².